The molecule has 158 valence electrons. The average molecular weight is 397 g/mol. The van der Waals surface area contributed by atoms with Crippen molar-refractivity contribution in [3.63, 3.8) is 0 Å². The summed E-state index contributed by atoms with van der Waals surface area (Å²) in [6, 6.07) is -1.25. The van der Waals surface area contributed by atoms with Crippen molar-refractivity contribution in [1.82, 2.24) is 5.32 Å². The second kappa shape index (κ2) is 9.52. The molecule has 0 spiro atoms. The van der Waals surface area contributed by atoms with Gasteiger partial charge in [0.05, 0.1) is 13.2 Å². The number of amides is 1. The SMILES string of the molecule is CO[C@H]1O[C@H](CO)[C@H](O)[C@H](O[C@@H]2O[C@H](CO)[C@@H](O)[C@H](O)[C@@H]2NC(C)=O)[C@H]1O. The van der Waals surface area contributed by atoms with Gasteiger partial charge in [0.1, 0.15) is 48.8 Å². The van der Waals surface area contributed by atoms with Gasteiger partial charge in [0.2, 0.25) is 5.91 Å². The van der Waals surface area contributed by atoms with Crippen LogP contribution in [0.25, 0.3) is 0 Å². The van der Waals surface area contributed by atoms with Gasteiger partial charge in [0, 0.05) is 14.0 Å². The Bertz CT molecular complexity index is 478. The van der Waals surface area contributed by atoms with E-state index in [4.69, 9.17) is 18.9 Å². The molecule has 0 saturated carbocycles. The highest BCUT2D eigenvalue weighted by atomic mass is 16.7. The van der Waals surface area contributed by atoms with Crippen LogP contribution in [0, 0.1) is 0 Å². The van der Waals surface area contributed by atoms with E-state index in [0.29, 0.717) is 0 Å². The first-order valence-electron chi connectivity index (χ1n) is 8.45. The Kier molecular flexibility index (Phi) is 7.88. The molecule has 1 amide bonds. The maximum atomic E-state index is 11.4. The Morgan fingerprint density at radius 3 is 2.00 bits per heavy atom. The molecule has 27 heavy (non-hydrogen) atoms. The number of carbonyl (C=O) groups is 1. The summed E-state index contributed by atoms with van der Waals surface area (Å²) in [6.07, 6.45) is -12.4. The molecule has 0 aliphatic carbocycles. The van der Waals surface area contributed by atoms with E-state index in [1.807, 2.05) is 0 Å². The summed E-state index contributed by atoms with van der Waals surface area (Å²) in [5.74, 6) is -0.554. The first kappa shape index (κ1) is 22.4. The zero-order valence-corrected chi connectivity index (χ0v) is 14.9. The predicted molar refractivity (Wildman–Crippen MR) is 85.0 cm³/mol. The molecule has 10 atom stereocenters. The van der Waals surface area contributed by atoms with Crippen molar-refractivity contribution in [3.8, 4) is 0 Å². The van der Waals surface area contributed by atoms with Crippen LogP contribution in [0.4, 0.5) is 0 Å². The van der Waals surface area contributed by atoms with Gasteiger partial charge in [-0.15, -0.1) is 0 Å². The van der Waals surface area contributed by atoms with E-state index in [1.165, 1.54) is 14.0 Å². The first-order valence-corrected chi connectivity index (χ1v) is 8.45. The minimum atomic E-state index is -1.55. The van der Waals surface area contributed by atoms with Crippen LogP contribution in [0.5, 0.6) is 0 Å². The molecule has 2 heterocycles. The minimum absolute atomic E-state index is 0.554. The third-order valence-electron chi connectivity index (χ3n) is 4.60. The third kappa shape index (κ3) is 4.74. The molecule has 2 fully saturated rings. The van der Waals surface area contributed by atoms with Crippen molar-refractivity contribution in [3.05, 3.63) is 0 Å². The number of methoxy groups -OCH3 is 1. The Morgan fingerprint density at radius 2 is 1.48 bits per heavy atom. The van der Waals surface area contributed by atoms with E-state index in [9.17, 15) is 35.4 Å². The summed E-state index contributed by atoms with van der Waals surface area (Å²) in [6.45, 7) is -0.0617. The van der Waals surface area contributed by atoms with Crippen molar-refractivity contribution < 1.29 is 54.4 Å². The number of hydrogen-bond donors (Lipinski definition) is 7. The topological polar surface area (TPSA) is 187 Å². The second-order valence-electron chi connectivity index (χ2n) is 6.48. The Balaban J connectivity index is 2.24. The molecule has 2 rings (SSSR count). The van der Waals surface area contributed by atoms with Crippen molar-refractivity contribution in [1.29, 1.82) is 0 Å². The van der Waals surface area contributed by atoms with Crippen LogP contribution >= 0.6 is 0 Å². The van der Waals surface area contributed by atoms with Crippen LogP contribution in [0.15, 0.2) is 0 Å². The third-order valence-corrected chi connectivity index (χ3v) is 4.60. The summed E-state index contributed by atoms with van der Waals surface area (Å²) in [5.41, 5.74) is 0. The van der Waals surface area contributed by atoms with E-state index < -0.39 is 80.5 Å². The summed E-state index contributed by atoms with van der Waals surface area (Å²) in [5, 5.41) is 61.9. The number of nitrogens with one attached hydrogen (secondary N) is 1. The number of aliphatic hydroxyl groups is 6. The van der Waals surface area contributed by atoms with Crippen LogP contribution in [-0.4, -0.2) is 118 Å². The Hall–Kier alpha value is -0.930. The van der Waals surface area contributed by atoms with Gasteiger partial charge in [-0.25, -0.2) is 0 Å². The largest absolute Gasteiger partial charge is 0.394 e. The monoisotopic (exact) mass is 397 g/mol. The number of hydrogen-bond acceptors (Lipinski definition) is 11. The van der Waals surface area contributed by atoms with Gasteiger partial charge in [-0.3, -0.25) is 4.79 Å². The van der Waals surface area contributed by atoms with Crippen molar-refractivity contribution in [2.75, 3.05) is 20.3 Å². The van der Waals surface area contributed by atoms with Gasteiger partial charge >= 0.3 is 0 Å². The van der Waals surface area contributed by atoms with Gasteiger partial charge in [0.15, 0.2) is 12.6 Å². The average Bonchev–Trinajstić information content (AvgIpc) is 2.64. The molecule has 0 bridgehead atoms. The minimum Gasteiger partial charge on any atom is -0.394 e. The Labute approximate surface area is 155 Å². The second-order valence-corrected chi connectivity index (χ2v) is 6.48. The molecule has 0 unspecified atom stereocenters. The maximum absolute atomic E-state index is 11.4. The van der Waals surface area contributed by atoms with Crippen molar-refractivity contribution in [2.45, 2.75) is 68.3 Å². The fourth-order valence-electron chi connectivity index (χ4n) is 3.15. The summed E-state index contributed by atoms with van der Waals surface area (Å²) >= 11 is 0. The lowest BCUT2D eigenvalue weighted by Crippen LogP contribution is -2.67. The molecule has 0 aromatic carbocycles. The lowest BCUT2D eigenvalue weighted by molar-refractivity contribution is -0.344. The summed E-state index contributed by atoms with van der Waals surface area (Å²) in [4.78, 5) is 11.4. The van der Waals surface area contributed by atoms with Gasteiger partial charge in [-0.05, 0) is 0 Å². The van der Waals surface area contributed by atoms with Crippen molar-refractivity contribution in [2.24, 2.45) is 0 Å². The zero-order valence-electron chi connectivity index (χ0n) is 14.9. The molecule has 12 heteroatoms. The molecule has 7 N–H and O–H groups in total. The van der Waals surface area contributed by atoms with Crippen LogP contribution in [0.1, 0.15) is 6.92 Å². The quantitative estimate of drug-likeness (QED) is 0.228. The molecular formula is C15H27NO11. The van der Waals surface area contributed by atoms with E-state index in [0.717, 1.165) is 0 Å². The normalized spacial score (nSPS) is 45.5. The van der Waals surface area contributed by atoms with Gasteiger partial charge in [-0.2, -0.15) is 0 Å². The van der Waals surface area contributed by atoms with Crippen LogP contribution in [0.3, 0.4) is 0 Å². The maximum Gasteiger partial charge on any atom is 0.217 e. The molecule has 0 aromatic rings. The Morgan fingerprint density at radius 1 is 0.926 bits per heavy atom. The molecule has 2 aliphatic rings. The molecule has 2 aliphatic heterocycles. The fraction of sp³-hybridized carbons (Fsp3) is 0.933. The van der Waals surface area contributed by atoms with E-state index in [2.05, 4.69) is 5.32 Å². The molecule has 12 nitrogen and oxygen atoms in total. The lowest BCUT2D eigenvalue weighted by Gasteiger charge is -2.46. The number of ether oxygens (including phenoxy) is 4. The van der Waals surface area contributed by atoms with Gasteiger partial charge in [-0.1, -0.05) is 0 Å². The van der Waals surface area contributed by atoms with Crippen molar-refractivity contribution >= 4 is 5.91 Å². The highest BCUT2D eigenvalue weighted by Crippen LogP contribution is 2.29. The smallest absolute Gasteiger partial charge is 0.217 e. The molecule has 0 radical (unpaired) electrons. The fourth-order valence-corrected chi connectivity index (χ4v) is 3.15. The molecule has 2 saturated heterocycles. The van der Waals surface area contributed by atoms with E-state index in [1.54, 1.807) is 0 Å². The van der Waals surface area contributed by atoms with Gasteiger partial charge < -0.3 is 54.9 Å². The highest BCUT2D eigenvalue weighted by Gasteiger charge is 2.51. The lowest BCUT2D eigenvalue weighted by atomic mass is 9.95. The van der Waals surface area contributed by atoms with Crippen LogP contribution in [0.2, 0.25) is 0 Å². The predicted octanol–water partition coefficient (Wildman–Crippen LogP) is -4.60. The molecular weight excluding hydrogens is 370 g/mol. The van der Waals surface area contributed by atoms with E-state index >= 15 is 0 Å². The first-order chi connectivity index (χ1) is 12.7. The number of rotatable bonds is 6. The number of aliphatic hydroxyl groups excluding tert-OH is 6. The standard InChI is InChI=1S/C15H27NO11/c1-5(19)16-8-11(22)9(20)6(3-17)25-14(8)27-13-10(21)7(4-18)26-15(24-2)12(13)23/h6-15,17-18,20-23H,3-4H2,1-2H3,(H,16,19)/t6-,7-,8+,9-,10+,11-,12-,13+,14+,15+/m1/s1. The summed E-state index contributed by atoms with van der Waals surface area (Å²) in [7, 11) is 1.25. The highest BCUT2D eigenvalue weighted by molar-refractivity contribution is 5.73. The number of carbonyl (C=O) groups excluding carboxylic acids is 1. The van der Waals surface area contributed by atoms with Gasteiger partial charge in [0.25, 0.3) is 0 Å². The summed E-state index contributed by atoms with van der Waals surface area (Å²) < 4.78 is 21.2. The molecule has 0 aromatic heterocycles. The zero-order chi connectivity index (χ0) is 20.3. The van der Waals surface area contributed by atoms with Crippen LogP contribution in [-0.2, 0) is 23.7 Å². The van der Waals surface area contributed by atoms with E-state index in [-0.39, 0.29) is 0 Å². The van der Waals surface area contributed by atoms with Crippen LogP contribution < -0.4 is 5.32 Å².